The molecule has 0 aliphatic carbocycles. The van der Waals surface area contributed by atoms with Gasteiger partial charge in [0.25, 0.3) is 11.8 Å². The molecule has 164 valence electrons. The quantitative estimate of drug-likeness (QED) is 0.744. The number of benzene rings is 2. The summed E-state index contributed by atoms with van der Waals surface area (Å²) in [5, 5.41) is 3.32. The number of amides is 3. The standard InChI is InChI=1S/C23H26ClN3O4/c1-31-20-6-3-2-5-19(20)23(30)27-14-4-13-26(15-16-27)21(28)11-12-25-22(29)17-7-9-18(24)10-8-17/h2-3,5-10H,4,11-16H2,1H3,(H,25,29). The summed E-state index contributed by atoms with van der Waals surface area (Å²) in [5.41, 5.74) is 1.02. The molecule has 31 heavy (non-hydrogen) atoms. The summed E-state index contributed by atoms with van der Waals surface area (Å²) in [6.45, 7) is 2.33. The zero-order valence-corrected chi connectivity index (χ0v) is 18.2. The average molecular weight is 444 g/mol. The van der Waals surface area contributed by atoms with E-state index in [-0.39, 0.29) is 30.7 Å². The van der Waals surface area contributed by atoms with Crippen molar-refractivity contribution in [1.82, 2.24) is 15.1 Å². The van der Waals surface area contributed by atoms with Gasteiger partial charge in [-0.3, -0.25) is 14.4 Å². The average Bonchev–Trinajstić information content (AvgIpc) is 3.05. The molecule has 1 aliphatic heterocycles. The number of carbonyl (C=O) groups is 3. The van der Waals surface area contributed by atoms with Crippen molar-refractivity contribution in [3.8, 4) is 5.75 Å². The highest BCUT2D eigenvalue weighted by molar-refractivity contribution is 6.30. The molecule has 1 saturated heterocycles. The summed E-state index contributed by atoms with van der Waals surface area (Å²) in [6.07, 6.45) is 0.906. The van der Waals surface area contributed by atoms with Crippen LogP contribution in [0.1, 0.15) is 33.6 Å². The molecule has 1 heterocycles. The zero-order chi connectivity index (χ0) is 22.2. The molecule has 1 aliphatic rings. The van der Waals surface area contributed by atoms with Gasteiger partial charge in [0.1, 0.15) is 5.75 Å². The second-order valence-corrected chi connectivity index (χ2v) is 7.68. The van der Waals surface area contributed by atoms with Gasteiger partial charge in [-0.05, 0) is 42.8 Å². The summed E-state index contributed by atoms with van der Waals surface area (Å²) < 4.78 is 5.30. The number of nitrogens with one attached hydrogen (secondary N) is 1. The van der Waals surface area contributed by atoms with E-state index in [0.29, 0.717) is 54.5 Å². The van der Waals surface area contributed by atoms with Gasteiger partial charge in [-0.1, -0.05) is 23.7 Å². The normalized spacial score (nSPS) is 14.0. The minimum Gasteiger partial charge on any atom is -0.496 e. The molecule has 0 atom stereocenters. The van der Waals surface area contributed by atoms with Gasteiger partial charge in [0.05, 0.1) is 12.7 Å². The monoisotopic (exact) mass is 443 g/mol. The van der Waals surface area contributed by atoms with Crippen molar-refractivity contribution < 1.29 is 19.1 Å². The van der Waals surface area contributed by atoms with Crippen molar-refractivity contribution in [3.63, 3.8) is 0 Å². The zero-order valence-electron chi connectivity index (χ0n) is 17.5. The lowest BCUT2D eigenvalue weighted by molar-refractivity contribution is -0.130. The second-order valence-electron chi connectivity index (χ2n) is 7.24. The Kier molecular flexibility index (Phi) is 7.89. The lowest BCUT2D eigenvalue weighted by Crippen LogP contribution is -2.38. The maximum absolute atomic E-state index is 12.9. The highest BCUT2D eigenvalue weighted by atomic mass is 35.5. The van der Waals surface area contributed by atoms with E-state index < -0.39 is 0 Å². The van der Waals surface area contributed by atoms with E-state index in [0.717, 1.165) is 0 Å². The maximum Gasteiger partial charge on any atom is 0.257 e. The fourth-order valence-electron chi connectivity index (χ4n) is 3.51. The van der Waals surface area contributed by atoms with E-state index in [4.69, 9.17) is 16.3 Å². The van der Waals surface area contributed by atoms with Crippen LogP contribution in [0.4, 0.5) is 0 Å². The van der Waals surface area contributed by atoms with Crippen molar-refractivity contribution in [1.29, 1.82) is 0 Å². The molecular formula is C23H26ClN3O4. The number of carbonyl (C=O) groups excluding carboxylic acids is 3. The van der Waals surface area contributed by atoms with Crippen molar-refractivity contribution >= 4 is 29.3 Å². The Morgan fingerprint density at radius 1 is 0.968 bits per heavy atom. The molecule has 2 aromatic carbocycles. The van der Waals surface area contributed by atoms with Crippen LogP contribution in [-0.2, 0) is 4.79 Å². The van der Waals surface area contributed by atoms with Crippen LogP contribution >= 0.6 is 11.6 Å². The van der Waals surface area contributed by atoms with Crippen LogP contribution in [0.5, 0.6) is 5.75 Å². The predicted molar refractivity (Wildman–Crippen MR) is 118 cm³/mol. The first-order chi connectivity index (χ1) is 15.0. The number of halogens is 1. The highest BCUT2D eigenvalue weighted by Crippen LogP contribution is 2.20. The summed E-state index contributed by atoms with van der Waals surface area (Å²) in [4.78, 5) is 41.1. The number of rotatable bonds is 6. The molecule has 0 unspecified atom stereocenters. The summed E-state index contributed by atoms with van der Waals surface area (Å²) in [6, 6.07) is 13.7. The molecule has 3 rings (SSSR count). The molecule has 0 spiro atoms. The minimum atomic E-state index is -0.242. The number of methoxy groups -OCH3 is 1. The third kappa shape index (κ3) is 5.98. The van der Waals surface area contributed by atoms with Gasteiger partial charge in [-0.2, -0.15) is 0 Å². The first kappa shape index (κ1) is 22.6. The van der Waals surface area contributed by atoms with Crippen LogP contribution < -0.4 is 10.1 Å². The number of hydrogen-bond acceptors (Lipinski definition) is 4. The topological polar surface area (TPSA) is 79.0 Å². The molecule has 0 saturated carbocycles. The fourth-order valence-corrected chi connectivity index (χ4v) is 3.63. The molecule has 1 fully saturated rings. The second kappa shape index (κ2) is 10.8. The largest absolute Gasteiger partial charge is 0.496 e. The van der Waals surface area contributed by atoms with E-state index in [1.165, 1.54) is 0 Å². The van der Waals surface area contributed by atoms with Crippen LogP contribution in [0.2, 0.25) is 5.02 Å². The van der Waals surface area contributed by atoms with E-state index in [1.54, 1.807) is 53.3 Å². The predicted octanol–water partition coefficient (Wildman–Crippen LogP) is 2.84. The van der Waals surface area contributed by atoms with Gasteiger partial charge < -0.3 is 19.9 Å². The highest BCUT2D eigenvalue weighted by Gasteiger charge is 2.24. The Balaban J connectivity index is 1.48. The number of hydrogen-bond donors (Lipinski definition) is 1. The van der Waals surface area contributed by atoms with Crippen molar-refractivity contribution in [2.45, 2.75) is 12.8 Å². The molecular weight excluding hydrogens is 418 g/mol. The number of ether oxygens (including phenoxy) is 1. The fraction of sp³-hybridized carbons (Fsp3) is 0.348. The van der Waals surface area contributed by atoms with Gasteiger partial charge in [0.2, 0.25) is 5.91 Å². The Hall–Kier alpha value is -3.06. The lowest BCUT2D eigenvalue weighted by Gasteiger charge is -2.23. The Morgan fingerprint density at radius 3 is 2.39 bits per heavy atom. The van der Waals surface area contributed by atoms with Gasteiger partial charge in [-0.15, -0.1) is 0 Å². The third-order valence-electron chi connectivity index (χ3n) is 5.20. The van der Waals surface area contributed by atoms with Crippen molar-refractivity contribution in [2.24, 2.45) is 0 Å². The Labute approximate surface area is 186 Å². The van der Waals surface area contributed by atoms with E-state index in [9.17, 15) is 14.4 Å². The molecule has 8 heteroatoms. The summed E-state index contributed by atoms with van der Waals surface area (Å²) >= 11 is 5.83. The molecule has 0 radical (unpaired) electrons. The SMILES string of the molecule is COc1ccccc1C(=O)N1CCCN(C(=O)CCNC(=O)c2ccc(Cl)cc2)CC1. The maximum atomic E-state index is 12.9. The van der Waals surface area contributed by atoms with Gasteiger partial charge >= 0.3 is 0 Å². The van der Waals surface area contributed by atoms with Crippen molar-refractivity contribution in [2.75, 3.05) is 39.8 Å². The van der Waals surface area contributed by atoms with E-state index >= 15 is 0 Å². The van der Waals surface area contributed by atoms with Crippen LogP contribution in [0.25, 0.3) is 0 Å². The van der Waals surface area contributed by atoms with Gasteiger partial charge in [-0.25, -0.2) is 0 Å². The summed E-state index contributed by atoms with van der Waals surface area (Å²) in [7, 11) is 1.54. The van der Waals surface area contributed by atoms with Crippen LogP contribution in [0.15, 0.2) is 48.5 Å². The molecule has 0 bridgehead atoms. The molecule has 1 N–H and O–H groups in total. The molecule has 0 aromatic heterocycles. The van der Waals surface area contributed by atoms with Gasteiger partial charge in [0.15, 0.2) is 0 Å². The van der Waals surface area contributed by atoms with Crippen LogP contribution in [-0.4, -0.2) is 67.4 Å². The molecule has 7 nitrogen and oxygen atoms in total. The van der Waals surface area contributed by atoms with Crippen LogP contribution in [0.3, 0.4) is 0 Å². The van der Waals surface area contributed by atoms with Gasteiger partial charge in [0, 0.05) is 49.7 Å². The lowest BCUT2D eigenvalue weighted by atomic mass is 10.1. The molecule has 3 amide bonds. The summed E-state index contributed by atoms with van der Waals surface area (Å²) in [5.74, 6) is 0.167. The number of nitrogens with zero attached hydrogens (tertiary/aromatic N) is 2. The molecule has 2 aromatic rings. The minimum absolute atomic E-state index is 0.0389. The smallest absolute Gasteiger partial charge is 0.257 e. The first-order valence-electron chi connectivity index (χ1n) is 10.2. The van der Waals surface area contributed by atoms with Crippen molar-refractivity contribution in [3.05, 3.63) is 64.7 Å². The Morgan fingerprint density at radius 2 is 1.65 bits per heavy atom. The van der Waals surface area contributed by atoms with E-state index in [1.807, 2.05) is 12.1 Å². The Bertz CT molecular complexity index is 933. The first-order valence-corrected chi connectivity index (χ1v) is 10.6. The number of para-hydroxylation sites is 1. The third-order valence-corrected chi connectivity index (χ3v) is 5.46. The van der Waals surface area contributed by atoms with E-state index in [2.05, 4.69) is 5.32 Å². The van der Waals surface area contributed by atoms with Crippen LogP contribution in [0, 0.1) is 0 Å².